The van der Waals surface area contributed by atoms with Gasteiger partial charge in [-0.2, -0.15) is 0 Å². The van der Waals surface area contributed by atoms with Gasteiger partial charge in [0.05, 0.1) is 30.7 Å². The van der Waals surface area contributed by atoms with Gasteiger partial charge in [-0.1, -0.05) is 12.1 Å². The van der Waals surface area contributed by atoms with Crippen molar-refractivity contribution in [3.8, 4) is 5.75 Å². The highest BCUT2D eigenvalue weighted by Gasteiger charge is 2.56. The zero-order chi connectivity index (χ0) is 24.3. The first kappa shape index (κ1) is 24.2. The standard InChI is InChI=1S/C25H31N3O5S/c1-17(29)26-22-8-7-20(34-22)16-27-11-9-25(10-12-27)21(24(31)33-3)14-23(30)28(25)15-18-5-4-6-19(13-18)32-2/h4-8,13,21H,9-12,14-16H2,1-3H3,(H,26,29). The Morgan fingerprint density at radius 1 is 1.15 bits per heavy atom. The van der Waals surface area contributed by atoms with Crippen LogP contribution in [-0.2, 0) is 32.2 Å². The third-order valence-corrected chi connectivity index (χ3v) is 7.87. The second kappa shape index (κ2) is 10.1. The smallest absolute Gasteiger partial charge is 0.311 e. The van der Waals surface area contributed by atoms with E-state index < -0.39 is 11.5 Å². The molecule has 2 fully saturated rings. The molecular weight excluding hydrogens is 454 g/mol. The molecule has 2 saturated heterocycles. The number of nitrogens with zero attached hydrogens (tertiary/aromatic N) is 2. The van der Waals surface area contributed by atoms with Gasteiger partial charge >= 0.3 is 5.97 Å². The average molecular weight is 486 g/mol. The van der Waals surface area contributed by atoms with Gasteiger partial charge in [0.2, 0.25) is 11.8 Å². The van der Waals surface area contributed by atoms with E-state index in [9.17, 15) is 14.4 Å². The van der Waals surface area contributed by atoms with Gasteiger partial charge in [-0.3, -0.25) is 19.3 Å². The molecule has 1 atom stereocenters. The summed E-state index contributed by atoms with van der Waals surface area (Å²) in [6.45, 7) is 4.24. The van der Waals surface area contributed by atoms with Crippen molar-refractivity contribution in [1.82, 2.24) is 9.80 Å². The number of likely N-dealkylation sites (tertiary alicyclic amines) is 2. The molecule has 34 heavy (non-hydrogen) atoms. The molecular formula is C25H31N3O5S. The molecule has 0 aliphatic carbocycles. The van der Waals surface area contributed by atoms with E-state index in [2.05, 4.69) is 10.2 Å². The number of anilines is 1. The predicted molar refractivity (Wildman–Crippen MR) is 130 cm³/mol. The van der Waals surface area contributed by atoms with E-state index in [4.69, 9.17) is 9.47 Å². The maximum absolute atomic E-state index is 13.1. The number of piperidine rings is 1. The number of carbonyl (C=O) groups excluding carboxylic acids is 3. The number of ether oxygens (including phenoxy) is 2. The largest absolute Gasteiger partial charge is 0.497 e. The number of esters is 1. The van der Waals surface area contributed by atoms with Crippen LogP contribution in [0.1, 0.15) is 36.6 Å². The van der Waals surface area contributed by atoms with Gasteiger partial charge in [-0.15, -0.1) is 11.3 Å². The number of hydrogen-bond acceptors (Lipinski definition) is 7. The molecule has 2 aliphatic heterocycles. The van der Waals surface area contributed by atoms with Crippen LogP contribution in [0.4, 0.5) is 5.00 Å². The molecule has 1 N–H and O–H groups in total. The minimum atomic E-state index is -0.555. The lowest BCUT2D eigenvalue weighted by atomic mass is 9.76. The number of rotatable bonds is 7. The fourth-order valence-electron chi connectivity index (χ4n) is 5.20. The van der Waals surface area contributed by atoms with Gasteiger partial charge in [0.15, 0.2) is 0 Å². The second-order valence-corrected chi connectivity index (χ2v) is 10.1. The van der Waals surface area contributed by atoms with E-state index in [0.717, 1.165) is 35.9 Å². The van der Waals surface area contributed by atoms with Gasteiger partial charge < -0.3 is 19.7 Å². The quantitative estimate of drug-likeness (QED) is 0.606. The summed E-state index contributed by atoms with van der Waals surface area (Å²) in [6, 6.07) is 11.7. The molecule has 1 aromatic carbocycles. The summed E-state index contributed by atoms with van der Waals surface area (Å²) in [4.78, 5) is 42.6. The Morgan fingerprint density at radius 3 is 2.59 bits per heavy atom. The van der Waals surface area contributed by atoms with Crippen LogP contribution in [0.25, 0.3) is 0 Å². The minimum absolute atomic E-state index is 0.00937. The lowest BCUT2D eigenvalue weighted by molar-refractivity contribution is -0.150. The fraction of sp³-hybridized carbons (Fsp3) is 0.480. The van der Waals surface area contributed by atoms with Gasteiger partial charge in [0.25, 0.3) is 0 Å². The molecule has 2 aliphatic rings. The van der Waals surface area contributed by atoms with Gasteiger partial charge in [-0.05, 0) is 42.7 Å². The molecule has 8 nitrogen and oxygen atoms in total. The van der Waals surface area contributed by atoms with Crippen molar-refractivity contribution in [2.75, 3.05) is 32.6 Å². The topological polar surface area (TPSA) is 88.2 Å². The summed E-state index contributed by atoms with van der Waals surface area (Å²) in [5, 5.41) is 3.67. The normalized spacial score (nSPS) is 19.9. The Hall–Kier alpha value is -2.91. The first-order valence-corrected chi connectivity index (χ1v) is 12.3. The highest BCUT2D eigenvalue weighted by Crippen LogP contribution is 2.45. The van der Waals surface area contributed by atoms with Crippen molar-refractivity contribution in [2.24, 2.45) is 5.92 Å². The molecule has 1 unspecified atom stereocenters. The van der Waals surface area contributed by atoms with Crippen molar-refractivity contribution in [3.63, 3.8) is 0 Å². The van der Waals surface area contributed by atoms with Crippen LogP contribution in [0.5, 0.6) is 5.75 Å². The SMILES string of the molecule is COC(=O)C1CC(=O)N(Cc2cccc(OC)c2)C12CCN(Cc1ccc(NC(C)=O)s1)CC2. The van der Waals surface area contributed by atoms with Crippen molar-refractivity contribution < 1.29 is 23.9 Å². The summed E-state index contributed by atoms with van der Waals surface area (Å²) in [5.74, 6) is -0.125. The molecule has 182 valence electrons. The number of nitrogens with one attached hydrogen (secondary N) is 1. The van der Waals surface area contributed by atoms with Crippen LogP contribution in [0, 0.1) is 5.92 Å². The Balaban J connectivity index is 1.50. The van der Waals surface area contributed by atoms with Gasteiger partial charge in [0, 0.05) is 44.4 Å². The summed E-state index contributed by atoms with van der Waals surface area (Å²) in [6.07, 6.45) is 1.58. The highest BCUT2D eigenvalue weighted by molar-refractivity contribution is 7.16. The summed E-state index contributed by atoms with van der Waals surface area (Å²) in [7, 11) is 3.02. The van der Waals surface area contributed by atoms with E-state index >= 15 is 0 Å². The number of thiophene rings is 1. The van der Waals surface area contributed by atoms with E-state index in [0.29, 0.717) is 19.4 Å². The van der Waals surface area contributed by atoms with Gasteiger partial charge in [0.1, 0.15) is 5.75 Å². The van der Waals surface area contributed by atoms with Crippen molar-refractivity contribution in [2.45, 2.75) is 44.8 Å². The number of amides is 2. The summed E-state index contributed by atoms with van der Waals surface area (Å²) < 4.78 is 10.5. The number of methoxy groups -OCH3 is 2. The Kier molecular flexibility index (Phi) is 7.23. The summed E-state index contributed by atoms with van der Waals surface area (Å²) in [5.41, 5.74) is 0.421. The Morgan fingerprint density at radius 2 is 1.91 bits per heavy atom. The number of benzene rings is 1. The third-order valence-electron chi connectivity index (χ3n) is 6.89. The lowest BCUT2D eigenvalue weighted by Gasteiger charge is -2.47. The molecule has 0 radical (unpaired) electrons. The Bertz CT molecular complexity index is 1060. The maximum Gasteiger partial charge on any atom is 0.311 e. The second-order valence-electron chi connectivity index (χ2n) is 8.94. The average Bonchev–Trinajstić information content (AvgIpc) is 3.37. The molecule has 9 heteroatoms. The molecule has 1 aromatic heterocycles. The molecule has 1 spiro atoms. The molecule has 0 saturated carbocycles. The van der Waals surface area contributed by atoms with Crippen molar-refractivity contribution >= 4 is 34.1 Å². The number of hydrogen-bond donors (Lipinski definition) is 1. The number of carbonyl (C=O) groups is 3. The predicted octanol–water partition coefficient (Wildman–Crippen LogP) is 3.27. The fourth-order valence-corrected chi connectivity index (χ4v) is 6.19. The first-order chi connectivity index (χ1) is 16.3. The van der Waals surface area contributed by atoms with Crippen LogP contribution >= 0.6 is 11.3 Å². The zero-order valence-corrected chi connectivity index (χ0v) is 20.7. The molecule has 3 heterocycles. The molecule has 0 bridgehead atoms. The summed E-state index contributed by atoms with van der Waals surface area (Å²) >= 11 is 1.57. The van der Waals surface area contributed by atoms with E-state index in [1.165, 1.54) is 18.9 Å². The third kappa shape index (κ3) is 4.95. The monoisotopic (exact) mass is 485 g/mol. The first-order valence-electron chi connectivity index (χ1n) is 11.4. The Labute approximate surface area is 203 Å². The molecule has 2 aromatic rings. The van der Waals surface area contributed by atoms with Crippen LogP contribution in [0.2, 0.25) is 0 Å². The van der Waals surface area contributed by atoms with Crippen LogP contribution in [0.15, 0.2) is 36.4 Å². The van der Waals surface area contributed by atoms with E-state index in [-0.39, 0.29) is 24.2 Å². The van der Waals surface area contributed by atoms with Crippen LogP contribution in [0.3, 0.4) is 0 Å². The maximum atomic E-state index is 13.1. The minimum Gasteiger partial charge on any atom is -0.497 e. The highest BCUT2D eigenvalue weighted by atomic mass is 32.1. The van der Waals surface area contributed by atoms with E-state index in [1.807, 2.05) is 41.3 Å². The van der Waals surface area contributed by atoms with Gasteiger partial charge in [-0.25, -0.2) is 0 Å². The van der Waals surface area contributed by atoms with Crippen LogP contribution in [-0.4, -0.2) is 60.4 Å². The van der Waals surface area contributed by atoms with E-state index in [1.54, 1.807) is 18.4 Å². The lowest BCUT2D eigenvalue weighted by Crippen LogP contribution is -2.57. The molecule has 4 rings (SSSR count). The van der Waals surface area contributed by atoms with Crippen molar-refractivity contribution in [3.05, 3.63) is 46.8 Å². The zero-order valence-electron chi connectivity index (χ0n) is 19.8. The van der Waals surface area contributed by atoms with Crippen molar-refractivity contribution in [1.29, 1.82) is 0 Å². The molecule has 2 amide bonds. The van der Waals surface area contributed by atoms with Crippen LogP contribution < -0.4 is 10.1 Å².